The van der Waals surface area contributed by atoms with E-state index in [9.17, 15) is 14.7 Å². The highest BCUT2D eigenvalue weighted by molar-refractivity contribution is 5.76. The molecule has 1 heterocycles. The Morgan fingerprint density at radius 2 is 2.16 bits per heavy atom. The van der Waals surface area contributed by atoms with E-state index in [4.69, 9.17) is 0 Å². The van der Waals surface area contributed by atoms with Gasteiger partial charge in [-0.3, -0.25) is 4.79 Å². The highest BCUT2D eigenvalue weighted by atomic mass is 16.4. The van der Waals surface area contributed by atoms with Gasteiger partial charge in [0.15, 0.2) is 0 Å². The normalized spacial score (nSPS) is 25.5. The second-order valence-corrected chi connectivity index (χ2v) is 6.42. The first-order valence-electron chi connectivity index (χ1n) is 6.91. The molecule has 110 valence electrons. The molecule has 1 amide bonds. The molecule has 0 aromatic heterocycles. The average Bonchev–Trinajstić information content (AvgIpc) is 2.63. The van der Waals surface area contributed by atoms with Crippen molar-refractivity contribution in [1.82, 2.24) is 9.80 Å². The molecule has 0 spiro atoms. The molecule has 2 atom stereocenters. The van der Waals surface area contributed by atoms with Crippen LogP contribution in [0, 0.1) is 11.3 Å². The zero-order valence-electron chi connectivity index (χ0n) is 12.4. The molecule has 0 aromatic carbocycles. The standard InChI is InChI=1S/C14H26N2O3/c1-11(2)12(13(18)19)16(10-17)8-6-14(3)5-7-15(4)9-14/h10-12H,5-9H2,1-4H3,(H,18,19). The maximum atomic E-state index is 11.3. The Morgan fingerprint density at radius 3 is 2.53 bits per heavy atom. The number of rotatable bonds is 7. The number of carboxylic acids is 1. The highest BCUT2D eigenvalue weighted by Gasteiger charge is 2.34. The van der Waals surface area contributed by atoms with Gasteiger partial charge in [-0.1, -0.05) is 20.8 Å². The van der Waals surface area contributed by atoms with Crippen molar-refractivity contribution in [3.63, 3.8) is 0 Å². The molecular weight excluding hydrogens is 244 g/mol. The fourth-order valence-corrected chi connectivity index (χ4v) is 2.94. The van der Waals surface area contributed by atoms with E-state index in [1.54, 1.807) is 0 Å². The molecule has 5 heteroatoms. The van der Waals surface area contributed by atoms with E-state index in [-0.39, 0.29) is 11.3 Å². The lowest BCUT2D eigenvalue weighted by Crippen LogP contribution is -2.45. The Kier molecular flexibility index (Phi) is 5.35. The SMILES string of the molecule is CC(C)C(C(=O)O)N(C=O)CCC1(C)CCN(C)C1. The molecule has 0 aliphatic carbocycles. The summed E-state index contributed by atoms with van der Waals surface area (Å²) in [7, 11) is 2.09. The Hall–Kier alpha value is -1.10. The highest BCUT2D eigenvalue weighted by Crippen LogP contribution is 2.32. The van der Waals surface area contributed by atoms with Gasteiger partial charge in [0, 0.05) is 13.1 Å². The second-order valence-electron chi connectivity index (χ2n) is 6.42. The van der Waals surface area contributed by atoms with E-state index in [2.05, 4.69) is 18.9 Å². The van der Waals surface area contributed by atoms with E-state index in [0.29, 0.717) is 13.0 Å². The molecule has 1 rings (SSSR count). The third-order valence-corrected chi connectivity index (χ3v) is 4.10. The number of nitrogens with zero attached hydrogens (tertiary/aromatic N) is 2. The maximum absolute atomic E-state index is 11.3. The van der Waals surface area contributed by atoms with E-state index in [1.165, 1.54) is 4.90 Å². The van der Waals surface area contributed by atoms with Crippen molar-refractivity contribution in [2.45, 2.75) is 39.7 Å². The van der Waals surface area contributed by atoms with Gasteiger partial charge in [0.2, 0.25) is 6.41 Å². The van der Waals surface area contributed by atoms with Crippen LogP contribution in [0.3, 0.4) is 0 Å². The van der Waals surface area contributed by atoms with Crippen molar-refractivity contribution in [3.8, 4) is 0 Å². The van der Waals surface area contributed by atoms with Gasteiger partial charge in [0.25, 0.3) is 0 Å². The van der Waals surface area contributed by atoms with Crippen molar-refractivity contribution >= 4 is 12.4 Å². The zero-order chi connectivity index (χ0) is 14.6. The van der Waals surface area contributed by atoms with Gasteiger partial charge >= 0.3 is 5.97 Å². The summed E-state index contributed by atoms with van der Waals surface area (Å²) in [6, 6.07) is -0.722. The van der Waals surface area contributed by atoms with Crippen LogP contribution in [0.25, 0.3) is 0 Å². The lowest BCUT2D eigenvalue weighted by atomic mass is 9.85. The molecule has 1 saturated heterocycles. The van der Waals surface area contributed by atoms with Crippen LogP contribution in [-0.4, -0.2) is 60.0 Å². The van der Waals surface area contributed by atoms with E-state index >= 15 is 0 Å². The van der Waals surface area contributed by atoms with Gasteiger partial charge < -0.3 is 14.9 Å². The number of likely N-dealkylation sites (tertiary alicyclic amines) is 1. The molecule has 1 fully saturated rings. The van der Waals surface area contributed by atoms with Crippen LogP contribution in [0.1, 0.15) is 33.6 Å². The summed E-state index contributed by atoms with van der Waals surface area (Å²) in [6.07, 6.45) is 2.64. The Balaban J connectivity index is 2.62. The summed E-state index contributed by atoms with van der Waals surface area (Å²) in [4.78, 5) is 26.2. The minimum Gasteiger partial charge on any atom is -0.480 e. The van der Waals surface area contributed by atoms with Crippen LogP contribution in [-0.2, 0) is 9.59 Å². The summed E-state index contributed by atoms with van der Waals surface area (Å²) in [5.74, 6) is -1.00. The number of hydrogen-bond acceptors (Lipinski definition) is 3. The fraction of sp³-hybridized carbons (Fsp3) is 0.857. The topological polar surface area (TPSA) is 60.9 Å². The summed E-state index contributed by atoms with van der Waals surface area (Å²) in [5, 5.41) is 9.23. The molecule has 0 saturated carbocycles. The van der Waals surface area contributed by atoms with Crippen molar-refractivity contribution in [2.24, 2.45) is 11.3 Å². The van der Waals surface area contributed by atoms with E-state index < -0.39 is 12.0 Å². The summed E-state index contributed by atoms with van der Waals surface area (Å²) in [6.45, 7) is 8.48. The van der Waals surface area contributed by atoms with E-state index in [0.717, 1.165) is 25.9 Å². The van der Waals surface area contributed by atoms with Crippen LogP contribution in [0.2, 0.25) is 0 Å². The lowest BCUT2D eigenvalue weighted by molar-refractivity contribution is -0.148. The first-order valence-corrected chi connectivity index (χ1v) is 6.91. The Morgan fingerprint density at radius 1 is 1.53 bits per heavy atom. The fourth-order valence-electron chi connectivity index (χ4n) is 2.94. The summed E-state index contributed by atoms with van der Waals surface area (Å²) >= 11 is 0. The molecule has 2 unspecified atom stereocenters. The third-order valence-electron chi connectivity index (χ3n) is 4.10. The van der Waals surface area contributed by atoms with Gasteiger partial charge in [0.1, 0.15) is 6.04 Å². The molecular formula is C14H26N2O3. The molecule has 0 radical (unpaired) electrons. The van der Waals surface area contributed by atoms with Crippen molar-refractivity contribution < 1.29 is 14.7 Å². The molecule has 19 heavy (non-hydrogen) atoms. The van der Waals surface area contributed by atoms with Crippen molar-refractivity contribution in [3.05, 3.63) is 0 Å². The Bertz CT molecular complexity index is 333. The monoisotopic (exact) mass is 270 g/mol. The van der Waals surface area contributed by atoms with Crippen LogP contribution in [0.15, 0.2) is 0 Å². The van der Waals surface area contributed by atoms with Crippen LogP contribution in [0.4, 0.5) is 0 Å². The lowest BCUT2D eigenvalue weighted by Gasteiger charge is -2.31. The number of carbonyl (C=O) groups excluding carboxylic acids is 1. The Labute approximate surface area is 115 Å². The predicted molar refractivity (Wildman–Crippen MR) is 73.9 cm³/mol. The number of hydrogen-bond donors (Lipinski definition) is 1. The molecule has 1 aliphatic rings. The minimum atomic E-state index is -0.921. The average molecular weight is 270 g/mol. The largest absolute Gasteiger partial charge is 0.480 e. The number of carboxylic acid groups (broad SMARTS) is 1. The molecule has 0 aromatic rings. The first kappa shape index (κ1) is 16.0. The third kappa shape index (κ3) is 4.20. The summed E-state index contributed by atoms with van der Waals surface area (Å²) in [5.41, 5.74) is 0.191. The van der Waals surface area contributed by atoms with Gasteiger partial charge in [-0.05, 0) is 37.8 Å². The maximum Gasteiger partial charge on any atom is 0.326 e. The van der Waals surface area contributed by atoms with Crippen molar-refractivity contribution in [1.29, 1.82) is 0 Å². The second kappa shape index (κ2) is 6.37. The summed E-state index contributed by atoms with van der Waals surface area (Å²) < 4.78 is 0. The predicted octanol–water partition coefficient (Wildman–Crippen LogP) is 1.29. The van der Waals surface area contributed by atoms with Gasteiger partial charge in [-0.25, -0.2) is 4.79 Å². The van der Waals surface area contributed by atoms with Gasteiger partial charge in [-0.2, -0.15) is 0 Å². The van der Waals surface area contributed by atoms with Crippen LogP contribution < -0.4 is 0 Å². The van der Waals surface area contributed by atoms with Crippen LogP contribution >= 0.6 is 0 Å². The number of amides is 1. The van der Waals surface area contributed by atoms with Gasteiger partial charge in [-0.15, -0.1) is 0 Å². The molecule has 0 bridgehead atoms. The van der Waals surface area contributed by atoms with Gasteiger partial charge in [0.05, 0.1) is 0 Å². The van der Waals surface area contributed by atoms with Crippen molar-refractivity contribution in [2.75, 3.05) is 26.7 Å². The quantitative estimate of drug-likeness (QED) is 0.708. The molecule has 5 nitrogen and oxygen atoms in total. The first-order chi connectivity index (χ1) is 8.79. The number of aliphatic carboxylic acids is 1. The molecule has 1 aliphatic heterocycles. The van der Waals surface area contributed by atoms with E-state index in [1.807, 2.05) is 13.8 Å². The molecule has 1 N–H and O–H groups in total. The number of carbonyl (C=O) groups is 2. The zero-order valence-corrected chi connectivity index (χ0v) is 12.4. The smallest absolute Gasteiger partial charge is 0.326 e. The van der Waals surface area contributed by atoms with Crippen LogP contribution in [0.5, 0.6) is 0 Å². The minimum absolute atomic E-state index is 0.0817.